The average molecular weight is 455 g/mol. The summed E-state index contributed by atoms with van der Waals surface area (Å²) in [6.07, 6.45) is 1.59. The van der Waals surface area contributed by atoms with Crippen molar-refractivity contribution in [2.24, 2.45) is 4.99 Å². The highest BCUT2D eigenvalue weighted by Crippen LogP contribution is 2.36. The predicted molar refractivity (Wildman–Crippen MR) is 114 cm³/mol. The van der Waals surface area contributed by atoms with Crippen LogP contribution < -0.4 is 4.18 Å². The summed E-state index contributed by atoms with van der Waals surface area (Å²) in [6.45, 7) is 1.95. The number of halogens is 3. The third-order valence-electron chi connectivity index (χ3n) is 3.78. The number of benzene rings is 3. The Kier molecular flexibility index (Phi) is 6.30. The maximum absolute atomic E-state index is 12.4. The number of nitrogens with zero attached hydrogens (tertiary/aromatic N) is 1. The molecular weight excluding hydrogens is 441 g/mol. The minimum absolute atomic E-state index is 0.0521. The first-order valence-corrected chi connectivity index (χ1v) is 10.6. The second-order valence-corrected chi connectivity index (χ2v) is 8.65. The Balaban J connectivity index is 1.88. The first-order valence-electron chi connectivity index (χ1n) is 8.05. The SMILES string of the molecule is Cc1ccccc1N=Cc1cc(Cl)c(OS(=O)(=O)c2ccc(Cl)cc2)c(Cl)c1. The third kappa shape index (κ3) is 4.86. The zero-order valence-electron chi connectivity index (χ0n) is 14.6. The van der Waals surface area contributed by atoms with Crippen molar-refractivity contribution in [3.8, 4) is 5.75 Å². The molecule has 0 heterocycles. The van der Waals surface area contributed by atoms with Crippen molar-refractivity contribution in [3.05, 3.63) is 86.9 Å². The van der Waals surface area contributed by atoms with Crippen molar-refractivity contribution in [2.45, 2.75) is 11.8 Å². The van der Waals surface area contributed by atoms with Crippen LogP contribution in [0.1, 0.15) is 11.1 Å². The normalized spacial score (nSPS) is 11.7. The van der Waals surface area contributed by atoms with Gasteiger partial charge < -0.3 is 4.18 Å². The molecule has 144 valence electrons. The van der Waals surface area contributed by atoms with Gasteiger partial charge in [-0.25, -0.2) is 0 Å². The van der Waals surface area contributed by atoms with E-state index in [0.717, 1.165) is 11.3 Å². The molecule has 0 bridgehead atoms. The van der Waals surface area contributed by atoms with E-state index in [4.69, 9.17) is 39.0 Å². The fraction of sp³-hybridized carbons (Fsp3) is 0.0500. The van der Waals surface area contributed by atoms with Crippen LogP contribution >= 0.6 is 34.8 Å². The van der Waals surface area contributed by atoms with Gasteiger partial charge >= 0.3 is 10.1 Å². The van der Waals surface area contributed by atoms with Crippen molar-refractivity contribution in [1.82, 2.24) is 0 Å². The topological polar surface area (TPSA) is 55.7 Å². The molecule has 3 aromatic rings. The van der Waals surface area contributed by atoms with Gasteiger partial charge in [0.05, 0.1) is 15.7 Å². The van der Waals surface area contributed by atoms with Gasteiger partial charge in [-0.15, -0.1) is 0 Å². The molecule has 28 heavy (non-hydrogen) atoms. The lowest BCUT2D eigenvalue weighted by molar-refractivity contribution is 0.486. The largest absolute Gasteiger partial charge is 0.376 e. The van der Waals surface area contributed by atoms with Gasteiger partial charge in [0.15, 0.2) is 5.75 Å². The number of para-hydroxylation sites is 1. The Morgan fingerprint density at radius 2 is 1.54 bits per heavy atom. The highest BCUT2D eigenvalue weighted by atomic mass is 35.5. The minimum Gasteiger partial charge on any atom is -0.376 e. The Bertz CT molecular complexity index is 1120. The molecule has 0 unspecified atom stereocenters. The van der Waals surface area contributed by atoms with E-state index in [2.05, 4.69) is 4.99 Å². The van der Waals surface area contributed by atoms with Crippen LogP contribution in [-0.2, 0) is 10.1 Å². The fourth-order valence-corrected chi connectivity index (χ4v) is 4.11. The number of aliphatic imine (C=N–C) groups is 1. The van der Waals surface area contributed by atoms with E-state index >= 15 is 0 Å². The summed E-state index contributed by atoms with van der Waals surface area (Å²) in [5.74, 6) is -0.147. The first kappa shape index (κ1) is 20.7. The standard InChI is InChI=1S/C20H14Cl3NO3S/c1-13-4-2-3-5-19(13)24-12-14-10-17(22)20(18(23)11-14)27-28(25,26)16-8-6-15(21)7-9-16/h2-12H,1H3. The van der Waals surface area contributed by atoms with Gasteiger partial charge in [0.2, 0.25) is 0 Å². The van der Waals surface area contributed by atoms with Gasteiger partial charge in [-0.2, -0.15) is 8.42 Å². The molecule has 3 aromatic carbocycles. The zero-order chi connectivity index (χ0) is 20.3. The number of aryl methyl sites for hydroxylation is 1. The van der Waals surface area contributed by atoms with Gasteiger partial charge in [0.25, 0.3) is 0 Å². The van der Waals surface area contributed by atoms with E-state index in [-0.39, 0.29) is 20.7 Å². The van der Waals surface area contributed by atoms with Gasteiger partial charge in [0, 0.05) is 11.2 Å². The second kappa shape index (κ2) is 8.53. The molecular formula is C20H14Cl3NO3S. The van der Waals surface area contributed by atoms with E-state index in [9.17, 15) is 8.42 Å². The predicted octanol–water partition coefficient (Wildman–Crippen LogP) is 6.47. The van der Waals surface area contributed by atoms with Crippen LogP contribution in [0.4, 0.5) is 5.69 Å². The van der Waals surface area contributed by atoms with E-state index in [0.29, 0.717) is 10.6 Å². The molecule has 0 saturated carbocycles. The van der Waals surface area contributed by atoms with E-state index in [1.807, 2.05) is 31.2 Å². The lowest BCUT2D eigenvalue weighted by Crippen LogP contribution is -2.10. The zero-order valence-corrected chi connectivity index (χ0v) is 17.6. The molecule has 0 saturated heterocycles. The third-order valence-corrected chi connectivity index (χ3v) is 5.83. The fourth-order valence-electron chi connectivity index (χ4n) is 2.35. The van der Waals surface area contributed by atoms with Crippen LogP contribution in [0.3, 0.4) is 0 Å². The minimum atomic E-state index is -4.11. The molecule has 0 radical (unpaired) electrons. The lowest BCUT2D eigenvalue weighted by atomic mass is 10.2. The van der Waals surface area contributed by atoms with Crippen molar-refractivity contribution >= 4 is 56.8 Å². The molecule has 0 aliphatic heterocycles. The number of rotatable bonds is 5. The van der Waals surface area contributed by atoms with E-state index in [1.165, 1.54) is 36.4 Å². The van der Waals surface area contributed by atoms with Crippen LogP contribution in [0, 0.1) is 6.92 Å². The summed E-state index contributed by atoms with van der Waals surface area (Å²) in [5, 5.41) is 0.514. The van der Waals surface area contributed by atoms with Gasteiger partial charge in [-0.05, 0) is 60.5 Å². The molecule has 0 amide bonds. The van der Waals surface area contributed by atoms with Crippen LogP contribution in [0.2, 0.25) is 15.1 Å². The maximum Gasteiger partial charge on any atom is 0.339 e. The summed E-state index contributed by atoms with van der Waals surface area (Å²) in [7, 11) is -4.11. The maximum atomic E-state index is 12.4. The molecule has 8 heteroatoms. The van der Waals surface area contributed by atoms with Crippen molar-refractivity contribution in [2.75, 3.05) is 0 Å². The molecule has 3 rings (SSSR count). The van der Waals surface area contributed by atoms with E-state index in [1.54, 1.807) is 6.21 Å². The molecule has 0 aliphatic carbocycles. The van der Waals surface area contributed by atoms with Crippen LogP contribution in [-0.4, -0.2) is 14.6 Å². The molecule has 0 spiro atoms. The van der Waals surface area contributed by atoms with Crippen molar-refractivity contribution in [1.29, 1.82) is 0 Å². The Morgan fingerprint density at radius 1 is 0.929 bits per heavy atom. The van der Waals surface area contributed by atoms with Crippen LogP contribution in [0.5, 0.6) is 5.75 Å². The monoisotopic (exact) mass is 453 g/mol. The molecule has 4 nitrogen and oxygen atoms in total. The van der Waals surface area contributed by atoms with Crippen molar-refractivity contribution in [3.63, 3.8) is 0 Å². The average Bonchev–Trinajstić information content (AvgIpc) is 2.64. The summed E-state index contributed by atoms with van der Waals surface area (Å²) in [5.41, 5.74) is 2.43. The Hall–Kier alpha value is -2.05. The Morgan fingerprint density at radius 3 is 2.14 bits per heavy atom. The highest BCUT2D eigenvalue weighted by molar-refractivity contribution is 7.87. The van der Waals surface area contributed by atoms with Gasteiger partial charge in [0.1, 0.15) is 4.90 Å². The number of hydrogen-bond donors (Lipinski definition) is 0. The molecule has 0 fully saturated rings. The smallest absolute Gasteiger partial charge is 0.339 e. The second-order valence-electron chi connectivity index (χ2n) is 5.85. The quantitative estimate of drug-likeness (QED) is 0.328. The van der Waals surface area contributed by atoms with Gasteiger partial charge in [-0.1, -0.05) is 53.0 Å². The summed E-state index contributed by atoms with van der Waals surface area (Å²) in [4.78, 5) is 4.34. The lowest BCUT2D eigenvalue weighted by Gasteiger charge is -2.11. The summed E-state index contributed by atoms with van der Waals surface area (Å²) in [6, 6.07) is 16.3. The first-order chi connectivity index (χ1) is 13.3. The highest BCUT2D eigenvalue weighted by Gasteiger charge is 2.21. The Labute approximate surface area is 178 Å². The number of hydrogen-bond acceptors (Lipinski definition) is 4. The van der Waals surface area contributed by atoms with Crippen molar-refractivity contribution < 1.29 is 12.6 Å². The van der Waals surface area contributed by atoms with Crippen LogP contribution in [0.15, 0.2) is 70.6 Å². The summed E-state index contributed by atoms with van der Waals surface area (Å²) >= 11 is 18.2. The molecule has 0 atom stereocenters. The van der Waals surface area contributed by atoms with E-state index < -0.39 is 10.1 Å². The molecule has 0 aromatic heterocycles. The van der Waals surface area contributed by atoms with Crippen LogP contribution in [0.25, 0.3) is 0 Å². The van der Waals surface area contributed by atoms with Gasteiger partial charge in [-0.3, -0.25) is 4.99 Å². The molecule has 0 N–H and O–H groups in total. The summed E-state index contributed by atoms with van der Waals surface area (Å²) < 4.78 is 30.0. The molecule has 0 aliphatic rings.